The predicted octanol–water partition coefficient (Wildman–Crippen LogP) is 1.68. The number of nitrogen functional groups attached to an aromatic ring is 1. The van der Waals surface area contributed by atoms with Crippen molar-refractivity contribution in [3.8, 4) is 5.75 Å². The lowest BCUT2D eigenvalue weighted by molar-refractivity contribution is 0.322. The van der Waals surface area contributed by atoms with Gasteiger partial charge in [-0.2, -0.15) is 0 Å². The van der Waals surface area contributed by atoms with Gasteiger partial charge in [0.25, 0.3) is 0 Å². The number of ether oxygens (including phenoxy) is 1. The average molecular weight is 215 g/mol. The molecule has 0 aliphatic heterocycles. The zero-order valence-corrected chi connectivity index (χ0v) is 8.84. The van der Waals surface area contributed by atoms with Crippen molar-refractivity contribution in [3.05, 3.63) is 48.4 Å². The summed E-state index contributed by atoms with van der Waals surface area (Å²) in [4.78, 5) is 7.90. The fourth-order valence-electron chi connectivity index (χ4n) is 1.35. The lowest BCUT2D eigenvalue weighted by atomic mass is 10.2. The Labute approximate surface area is 94.1 Å². The number of nitrogens with two attached hydrogens (primary N) is 1. The van der Waals surface area contributed by atoms with Crippen molar-refractivity contribution in [1.82, 2.24) is 9.97 Å². The number of hydrogen-bond donors (Lipinski definition) is 1. The van der Waals surface area contributed by atoms with Gasteiger partial charge in [0.15, 0.2) is 11.6 Å². The van der Waals surface area contributed by atoms with E-state index in [0.717, 1.165) is 6.42 Å². The highest BCUT2D eigenvalue weighted by molar-refractivity contribution is 5.44. The van der Waals surface area contributed by atoms with Gasteiger partial charge in [-0.05, 0) is 29.8 Å². The molecule has 2 aromatic rings. The van der Waals surface area contributed by atoms with Gasteiger partial charge < -0.3 is 10.5 Å². The lowest BCUT2D eigenvalue weighted by Crippen LogP contribution is -2.04. The van der Waals surface area contributed by atoms with Crippen LogP contribution >= 0.6 is 0 Å². The fourth-order valence-corrected chi connectivity index (χ4v) is 1.35. The number of aromatic nitrogens is 2. The first-order chi connectivity index (χ1) is 7.86. The third kappa shape index (κ3) is 2.70. The molecule has 0 atom stereocenters. The van der Waals surface area contributed by atoms with Crippen molar-refractivity contribution < 1.29 is 4.74 Å². The van der Waals surface area contributed by atoms with Crippen LogP contribution in [-0.2, 0) is 6.42 Å². The van der Waals surface area contributed by atoms with Crippen molar-refractivity contribution in [2.45, 2.75) is 6.42 Å². The monoisotopic (exact) mass is 215 g/mol. The van der Waals surface area contributed by atoms with Crippen molar-refractivity contribution in [1.29, 1.82) is 0 Å². The van der Waals surface area contributed by atoms with Crippen LogP contribution in [0.3, 0.4) is 0 Å². The first kappa shape index (κ1) is 10.4. The van der Waals surface area contributed by atoms with Crippen LogP contribution in [0.15, 0.2) is 42.9 Å². The first-order valence-electron chi connectivity index (χ1n) is 5.08. The van der Waals surface area contributed by atoms with Gasteiger partial charge in [0.05, 0.1) is 6.61 Å². The van der Waals surface area contributed by atoms with Gasteiger partial charge in [-0.3, -0.25) is 4.98 Å². The fraction of sp³-hybridized carbons (Fsp3) is 0.167. The van der Waals surface area contributed by atoms with Crippen molar-refractivity contribution >= 4 is 5.82 Å². The zero-order chi connectivity index (χ0) is 11.2. The summed E-state index contributed by atoms with van der Waals surface area (Å²) >= 11 is 0. The summed E-state index contributed by atoms with van der Waals surface area (Å²) in [6.45, 7) is 0.583. The molecule has 0 amide bonds. The molecule has 0 aliphatic rings. The maximum atomic E-state index is 5.65. The summed E-state index contributed by atoms with van der Waals surface area (Å²) in [6.07, 6.45) is 6.02. The van der Waals surface area contributed by atoms with Gasteiger partial charge in [-0.1, -0.05) is 0 Å². The second kappa shape index (κ2) is 5.11. The lowest BCUT2D eigenvalue weighted by Gasteiger charge is -2.07. The van der Waals surface area contributed by atoms with Crippen LogP contribution in [0.25, 0.3) is 0 Å². The third-order valence-electron chi connectivity index (χ3n) is 2.20. The van der Waals surface area contributed by atoms with Crippen LogP contribution in [0.5, 0.6) is 5.75 Å². The van der Waals surface area contributed by atoms with Gasteiger partial charge in [-0.15, -0.1) is 0 Å². The predicted molar refractivity (Wildman–Crippen MR) is 62.1 cm³/mol. The average Bonchev–Trinajstić information content (AvgIpc) is 2.33. The largest absolute Gasteiger partial charge is 0.489 e. The van der Waals surface area contributed by atoms with Crippen LogP contribution in [0.1, 0.15) is 5.56 Å². The second-order valence-electron chi connectivity index (χ2n) is 3.34. The number of pyridine rings is 2. The summed E-state index contributed by atoms with van der Waals surface area (Å²) in [6, 6.07) is 7.55. The maximum Gasteiger partial charge on any atom is 0.166 e. The summed E-state index contributed by atoms with van der Waals surface area (Å²) in [7, 11) is 0. The SMILES string of the molecule is Nc1ncccc1OCCc1ccncc1. The van der Waals surface area contributed by atoms with E-state index in [1.807, 2.05) is 18.2 Å². The molecular weight excluding hydrogens is 202 g/mol. The van der Waals surface area contributed by atoms with Gasteiger partial charge in [-0.25, -0.2) is 4.98 Å². The third-order valence-corrected chi connectivity index (χ3v) is 2.20. The Morgan fingerprint density at radius 2 is 1.94 bits per heavy atom. The summed E-state index contributed by atoms with van der Waals surface area (Å²) in [5.74, 6) is 1.06. The number of rotatable bonds is 4. The van der Waals surface area contributed by atoms with Crippen LogP contribution < -0.4 is 10.5 Å². The molecule has 0 fully saturated rings. The molecule has 0 aliphatic carbocycles. The van der Waals surface area contributed by atoms with E-state index in [1.54, 1.807) is 24.7 Å². The van der Waals surface area contributed by atoms with E-state index >= 15 is 0 Å². The van der Waals surface area contributed by atoms with Gasteiger partial charge >= 0.3 is 0 Å². The molecule has 0 unspecified atom stereocenters. The molecule has 4 heteroatoms. The summed E-state index contributed by atoms with van der Waals surface area (Å²) < 4.78 is 5.53. The van der Waals surface area contributed by atoms with E-state index in [0.29, 0.717) is 18.2 Å². The van der Waals surface area contributed by atoms with E-state index in [1.165, 1.54) is 5.56 Å². The molecule has 2 rings (SSSR count). The topological polar surface area (TPSA) is 61.0 Å². The molecule has 2 aromatic heterocycles. The smallest absolute Gasteiger partial charge is 0.166 e. The Morgan fingerprint density at radius 3 is 2.69 bits per heavy atom. The Morgan fingerprint density at radius 1 is 1.12 bits per heavy atom. The standard InChI is InChI=1S/C12H13N3O/c13-12-11(2-1-6-15-12)16-9-5-10-3-7-14-8-4-10/h1-4,6-8H,5,9H2,(H2,13,15). The van der Waals surface area contributed by atoms with E-state index in [9.17, 15) is 0 Å². The van der Waals surface area contributed by atoms with Crippen molar-refractivity contribution in [2.24, 2.45) is 0 Å². The van der Waals surface area contributed by atoms with Gasteiger partial charge in [0.1, 0.15) is 0 Å². The van der Waals surface area contributed by atoms with E-state index in [4.69, 9.17) is 10.5 Å². The Balaban J connectivity index is 1.87. The molecule has 0 saturated carbocycles. The molecule has 2 N–H and O–H groups in total. The molecule has 2 heterocycles. The molecule has 0 aromatic carbocycles. The van der Waals surface area contributed by atoms with Gasteiger partial charge in [0, 0.05) is 25.0 Å². The van der Waals surface area contributed by atoms with Crippen LogP contribution in [0.4, 0.5) is 5.82 Å². The minimum Gasteiger partial charge on any atom is -0.489 e. The van der Waals surface area contributed by atoms with Crippen LogP contribution in [-0.4, -0.2) is 16.6 Å². The van der Waals surface area contributed by atoms with Gasteiger partial charge in [0.2, 0.25) is 0 Å². The van der Waals surface area contributed by atoms with Crippen molar-refractivity contribution in [2.75, 3.05) is 12.3 Å². The quantitative estimate of drug-likeness (QED) is 0.842. The molecule has 16 heavy (non-hydrogen) atoms. The Kier molecular flexibility index (Phi) is 3.33. The van der Waals surface area contributed by atoms with E-state index in [2.05, 4.69) is 9.97 Å². The second-order valence-corrected chi connectivity index (χ2v) is 3.34. The number of hydrogen-bond acceptors (Lipinski definition) is 4. The summed E-state index contributed by atoms with van der Waals surface area (Å²) in [5, 5.41) is 0. The Bertz CT molecular complexity index is 445. The molecule has 0 spiro atoms. The van der Waals surface area contributed by atoms with Crippen molar-refractivity contribution in [3.63, 3.8) is 0 Å². The summed E-state index contributed by atoms with van der Waals surface area (Å²) in [5.41, 5.74) is 6.85. The zero-order valence-electron chi connectivity index (χ0n) is 8.84. The maximum absolute atomic E-state index is 5.65. The molecule has 0 bridgehead atoms. The number of anilines is 1. The number of nitrogens with zero attached hydrogens (tertiary/aromatic N) is 2. The highest BCUT2D eigenvalue weighted by Crippen LogP contribution is 2.16. The van der Waals surface area contributed by atoms with Crippen LogP contribution in [0.2, 0.25) is 0 Å². The van der Waals surface area contributed by atoms with E-state index < -0.39 is 0 Å². The molecular formula is C12H13N3O. The minimum absolute atomic E-state index is 0.428. The minimum atomic E-state index is 0.428. The highest BCUT2D eigenvalue weighted by atomic mass is 16.5. The Hall–Kier alpha value is -2.10. The molecule has 4 nitrogen and oxygen atoms in total. The molecule has 0 radical (unpaired) electrons. The van der Waals surface area contributed by atoms with E-state index in [-0.39, 0.29) is 0 Å². The molecule has 0 saturated heterocycles. The normalized spacial score (nSPS) is 10.0. The highest BCUT2D eigenvalue weighted by Gasteiger charge is 1.99. The molecule has 82 valence electrons. The first-order valence-corrected chi connectivity index (χ1v) is 5.08. The van der Waals surface area contributed by atoms with Crippen LogP contribution in [0, 0.1) is 0 Å².